The Kier molecular flexibility index (Phi) is 19.5. The molecule has 0 atom stereocenters. The summed E-state index contributed by atoms with van der Waals surface area (Å²) < 4.78 is 8.25. The van der Waals surface area contributed by atoms with Crippen LogP contribution in [0.1, 0.15) is 12.8 Å². The van der Waals surface area contributed by atoms with Crippen LogP contribution >= 0.6 is 0 Å². The maximum atomic E-state index is 11.1. The Labute approximate surface area is 215 Å². The number of carbonyl (C=O) groups is 6. The molecule has 0 amide bonds. The van der Waals surface area contributed by atoms with E-state index < -0.39 is 48.7 Å². The van der Waals surface area contributed by atoms with Crippen molar-refractivity contribution in [2.75, 3.05) is 0 Å². The number of carboxylic acids is 2. The predicted molar refractivity (Wildman–Crippen MR) is 82.1 cm³/mol. The molecule has 0 aromatic rings. The quantitative estimate of drug-likeness (QED) is 0.138. The predicted octanol–water partition coefficient (Wildman–Crippen LogP) is -2.64. The van der Waals surface area contributed by atoms with E-state index in [1.54, 1.807) is 0 Å². The zero-order valence-corrected chi connectivity index (χ0v) is 10.9. The number of ether oxygens (including phenoxy) is 2. The summed E-state index contributed by atoms with van der Waals surface area (Å²) in [5.41, 5.74) is 0. The Morgan fingerprint density at radius 3 is 1.17 bits per heavy atom. The molecule has 126 valence electrons. The third-order valence-corrected chi connectivity index (χ3v) is 1.69. The molecule has 0 fully saturated rings. The second-order valence-electron chi connectivity index (χ2n) is 3.43. The van der Waals surface area contributed by atoms with E-state index in [9.17, 15) is 28.8 Å². The van der Waals surface area contributed by atoms with Gasteiger partial charge in [0, 0.05) is 24.3 Å². The molecule has 0 unspecified atom stereocenters. The molecule has 0 spiro atoms. The zero-order valence-electron chi connectivity index (χ0n) is 10.9. The van der Waals surface area contributed by atoms with Crippen LogP contribution in [0.4, 0.5) is 0 Å². The maximum absolute atomic E-state index is 11.1. The van der Waals surface area contributed by atoms with Gasteiger partial charge in [-0.2, -0.15) is 0 Å². The summed E-state index contributed by atoms with van der Waals surface area (Å²) in [6.45, 7) is 0. The minimum absolute atomic E-state index is 0. The van der Waals surface area contributed by atoms with Crippen molar-refractivity contribution >= 4 is 134 Å². The third-order valence-electron chi connectivity index (χ3n) is 1.69. The molecule has 24 heavy (non-hydrogen) atoms. The van der Waals surface area contributed by atoms with Gasteiger partial charge in [0.05, 0.1) is 12.8 Å². The Hall–Kier alpha value is -0.157. The van der Waals surface area contributed by atoms with Gasteiger partial charge in [-0.25, -0.2) is 19.2 Å². The van der Waals surface area contributed by atoms with Crippen LogP contribution in [0.15, 0.2) is 24.3 Å². The summed E-state index contributed by atoms with van der Waals surface area (Å²) in [7, 11) is 0. The van der Waals surface area contributed by atoms with E-state index in [1.807, 2.05) is 0 Å². The van der Waals surface area contributed by atoms with Crippen LogP contribution in [-0.4, -0.2) is 144 Å². The van der Waals surface area contributed by atoms with E-state index in [2.05, 4.69) is 9.47 Å². The number of hydrogen-bond acceptors (Lipinski definition) is 8. The van der Waals surface area contributed by atoms with Gasteiger partial charge in [-0.1, -0.05) is 0 Å². The fourth-order valence-electron chi connectivity index (χ4n) is 0.877. The van der Waals surface area contributed by atoms with Gasteiger partial charge in [0.25, 0.3) is 0 Å². The number of hydrogen-bond donors (Lipinski definition) is 2. The molecule has 0 aliphatic heterocycles. The van der Waals surface area contributed by atoms with E-state index >= 15 is 0 Å². The number of aliphatic carboxylic acids is 2. The van der Waals surface area contributed by atoms with Gasteiger partial charge in [-0.15, -0.1) is 0 Å². The van der Waals surface area contributed by atoms with Crippen LogP contribution < -0.4 is 0 Å². The molecule has 0 saturated carbocycles. The van der Waals surface area contributed by atoms with Gasteiger partial charge < -0.3 is 19.7 Å². The van der Waals surface area contributed by atoms with Gasteiger partial charge in [0.2, 0.25) is 0 Å². The van der Waals surface area contributed by atoms with Crippen molar-refractivity contribution in [2.45, 2.75) is 12.8 Å². The van der Waals surface area contributed by atoms with E-state index in [0.29, 0.717) is 24.3 Å². The van der Waals surface area contributed by atoms with Gasteiger partial charge in [0.1, 0.15) is 0 Å². The van der Waals surface area contributed by atoms with Crippen molar-refractivity contribution in [2.24, 2.45) is 0 Å². The van der Waals surface area contributed by atoms with Crippen LogP contribution in [0.25, 0.3) is 0 Å². The van der Waals surface area contributed by atoms with E-state index in [0.717, 1.165) is 0 Å². The first-order valence-electron chi connectivity index (χ1n) is 5.52. The second kappa shape index (κ2) is 16.3. The molecular formula is C12H14Ba2O10. The Morgan fingerprint density at radius 1 is 0.625 bits per heavy atom. The number of esters is 4. The minimum atomic E-state index is -1.42. The molecule has 0 bridgehead atoms. The first-order valence-corrected chi connectivity index (χ1v) is 5.52. The summed E-state index contributed by atoms with van der Waals surface area (Å²) in [5.74, 6) is -7.57. The molecule has 0 aromatic carbocycles. The molecule has 0 radical (unpaired) electrons. The molecule has 0 heterocycles. The normalized spacial score (nSPS) is 9.50. The number of carboxylic acid groups (broad SMARTS) is 2. The van der Waals surface area contributed by atoms with E-state index in [1.165, 1.54) is 0 Å². The summed E-state index contributed by atoms with van der Waals surface area (Å²) in [6.07, 6.45) is 0.717. The van der Waals surface area contributed by atoms with Crippen molar-refractivity contribution in [3.63, 3.8) is 0 Å². The summed E-state index contributed by atoms with van der Waals surface area (Å²) in [5, 5.41) is 16.4. The fourth-order valence-corrected chi connectivity index (χ4v) is 0.877. The first-order chi connectivity index (χ1) is 10.2. The molecule has 0 aliphatic rings. The SMILES string of the molecule is O=C(O)/C=C\C(=O)OC(=O)CCC(=O)OC(=O)/C=C\C(=O)O.[BaH2].[BaH2]. The Balaban J connectivity index is -0.00000220. The van der Waals surface area contributed by atoms with Crippen LogP contribution in [0.2, 0.25) is 0 Å². The topological polar surface area (TPSA) is 161 Å². The zero-order chi connectivity index (χ0) is 17.1. The Morgan fingerprint density at radius 2 is 0.917 bits per heavy atom. The summed E-state index contributed by atoms with van der Waals surface area (Å²) in [4.78, 5) is 64.2. The second-order valence-corrected chi connectivity index (χ2v) is 3.43. The Bertz CT molecular complexity index is 514. The van der Waals surface area contributed by atoms with E-state index in [-0.39, 0.29) is 97.8 Å². The van der Waals surface area contributed by atoms with Crippen molar-refractivity contribution in [1.29, 1.82) is 0 Å². The molecule has 0 rings (SSSR count). The number of carbonyl (C=O) groups excluding carboxylic acids is 4. The van der Waals surface area contributed by atoms with Crippen LogP contribution in [0.5, 0.6) is 0 Å². The van der Waals surface area contributed by atoms with Gasteiger partial charge in [-0.3, -0.25) is 9.59 Å². The van der Waals surface area contributed by atoms with Crippen molar-refractivity contribution in [3.05, 3.63) is 24.3 Å². The monoisotopic (exact) mass is 594 g/mol. The standard InChI is InChI=1S/C12H10O10.2Ba.4H/c13-7(14)1-3-9(17)21-11(19)5-6-12(20)22-10(18)4-2-8(15)16;;;;;;/h1-4H,5-6H2,(H,13,14)(H,15,16);;;;;;/b3-1-,4-2-;;;;;;. The first kappa shape index (κ1) is 28.6. The van der Waals surface area contributed by atoms with Crippen LogP contribution in [0.3, 0.4) is 0 Å². The van der Waals surface area contributed by atoms with E-state index in [4.69, 9.17) is 10.2 Å². The van der Waals surface area contributed by atoms with Gasteiger partial charge >= 0.3 is 134 Å². The molecule has 0 aromatic heterocycles. The van der Waals surface area contributed by atoms with Gasteiger partial charge in [0.15, 0.2) is 0 Å². The van der Waals surface area contributed by atoms with Crippen LogP contribution in [-0.2, 0) is 38.2 Å². The van der Waals surface area contributed by atoms with Crippen molar-refractivity contribution < 1.29 is 48.5 Å². The van der Waals surface area contributed by atoms with Crippen molar-refractivity contribution in [1.82, 2.24) is 0 Å². The average Bonchev–Trinajstić information content (AvgIpc) is 2.40. The molecule has 12 heteroatoms. The molecular weight excluding hydrogens is 579 g/mol. The summed E-state index contributed by atoms with van der Waals surface area (Å²) in [6, 6.07) is 0. The van der Waals surface area contributed by atoms with Crippen molar-refractivity contribution in [3.8, 4) is 0 Å². The molecule has 10 nitrogen and oxygen atoms in total. The molecule has 2 N–H and O–H groups in total. The van der Waals surface area contributed by atoms with Crippen LogP contribution in [0, 0.1) is 0 Å². The molecule has 0 aliphatic carbocycles. The van der Waals surface area contributed by atoms with Gasteiger partial charge in [-0.05, 0) is 0 Å². The average molecular weight is 593 g/mol. The molecule has 0 saturated heterocycles. The summed E-state index contributed by atoms with van der Waals surface area (Å²) >= 11 is 0. The number of rotatable bonds is 7. The fraction of sp³-hybridized carbons (Fsp3) is 0.167. The third kappa shape index (κ3) is 18.2.